The van der Waals surface area contributed by atoms with Gasteiger partial charge in [0.2, 0.25) is 0 Å². The standard InChI is InChI=1S/C17H20FN3O2/c18-13-6-3-7-14(10-13)21-17(15-11-22-8-9-23-15)19-16(20-21)12-4-1-2-5-12/h3,6-7,10,12,15H,1-2,4-5,8-9,11H2/t15-/m0/s1. The Morgan fingerprint density at radius 1 is 1.17 bits per heavy atom. The summed E-state index contributed by atoms with van der Waals surface area (Å²) in [5.74, 6) is 1.66. The van der Waals surface area contributed by atoms with E-state index >= 15 is 0 Å². The molecule has 23 heavy (non-hydrogen) atoms. The third-order valence-corrected chi connectivity index (χ3v) is 4.53. The minimum Gasteiger partial charge on any atom is -0.376 e. The molecule has 0 amide bonds. The monoisotopic (exact) mass is 317 g/mol. The lowest BCUT2D eigenvalue weighted by molar-refractivity contribution is -0.0942. The van der Waals surface area contributed by atoms with Crippen molar-refractivity contribution in [2.45, 2.75) is 37.7 Å². The van der Waals surface area contributed by atoms with Gasteiger partial charge in [0, 0.05) is 5.92 Å². The van der Waals surface area contributed by atoms with Crippen LogP contribution in [0.25, 0.3) is 5.69 Å². The third kappa shape index (κ3) is 3.01. The molecule has 1 aromatic carbocycles. The zero-order chi connectivity index (χ0) is 15.6. The highest BCUT2D eigenvalue weighted by atomic mass is 19.1. The number of hydrogen-bond donors (Lipinski definition) is 0. The molecule has 2 fully saturated rings. The largest absolute Gasteiger partial charge is 0.376 e. The summed E-state index contributed by atoms with van der Waals surface area (Å²) >= 11 is 0. The molecule has 1 atom stereocenters. The van der Waals surface area contributed by atoms with E-state index in [1.807, 2.05) is 6.07 Å². The lowest BCUT2D eigenvalue weighted by atomic mass is 10.1. The fourth-order valence-electron chi connectivity index (χ4n) is 3.34. The molecule has 1 aliphatic carbocycles. The Bertz CT molecular complexity index is 676. The zero-order valence-corrected chi connectivity index (χ0v) is 12.9. The fourth-order valence-corrected chi connectivity index (χ4v) is 3.34. The number of aromatic nitrogens is 3. The van der Waals surface area contributed by atoms with Crippen LogP contribution in [0.15, 0.2) is 24.3 Å². The van der Waals surface area contributed by atoms with Crippen LogP contribution in [0.4, 0.5) is 4.39 Å². The van der Waals surface area contributed by atoms with Gasteiger partial charge in [-0.2, -0.15) is 5.10 Å². The zero-order valence-electron chi connectivity index (χ0n) is 12.9. The average molecular weight is 317 g/mol. The molecule has 2 heterocycles. The maximum Gasteiger partial charge on any atom is 0.163 e. The first kappa shape index (κ1) is 14.8. The topological polar surface area (TPSA) is 49.2 Å². The van der Waals surface area contributed by atoms with Crippen molar-refractivity contribution in [1.29, 1.82) is 0 Å². The van der Waals surface area contributed by atoms with Gasteiger partial charge in [-0.3, -0.25) is 0 Å². The molecule has 1 aromatic heterocycles. The van der Waals surface area contributed by atoms with Crippen LogP contribution in [-0.2, 0) is 9.47 Å². The van der Waals surface area contributed by atoms with Crippen molar-refractivity contribution < 1.29 is 13.9 Å². The van der Waals surface area contributed by atoms with Crippen LogP contribution in [0.1, 0.15) is 49.4 Å². The smallest absolute Gasteiger partial charge is 0.163 e. The van der Waals surface area contributed by atoms with Crippen LogP contribution in [-0.4, -0.2) is 34.6 Å². The van der Waals surface area contributed by atoms with Crippen molar-refractivity contribution in [2.24, 2.45) is 0 Å². The number of halogens is 1. The number of benzene rings is 1. The van der Waals surface area contributed by atoms with Gasteiger partial charge < -0.3 is 9.47 Å². The first-order valence-corrected chi connectivity index (χ1v) is 8.23. The molecule has 6 heteroatoms. The second kappa shape index (κ2) is 6.37. The predicted octanol–water partition coefficient (Wildman–Crippen LogP) is 3.15. The Hall–Kier alpha value is -1.79. The average Bonchev–Trinajstić information content (AvgIpc) is 3.25. The molecule has 2 aliphatic rings. The van der Waals surface area contributed by atoms with Crippen molar-refractivity contribution in [3.63, 3.8) is 0 Å². The number of hydrogen-bond acceptors (Lipinski definition) is 4. The molecule has 1 saturated carbocycles. The van der Waals surface area contributed by atoms with Gasteiger partial charge in [-0.1, -0.05) is 18.9 Å². The quantitative estimate of drug-likeness (QED) is 0.872. The van der Waals surface area contributed by atoms with E-state index < -0.39 is 0 Å². The maximum absolute atomic E-state index is 13.6. The summed E-state index contributed by atoms with van der Waals surface area (Å²) in [7, 11) is 0. The SMILES string of the molecule is Fc1cccc(-n2nc(C3CCCC3)nc2[C@@H]2COCCO2)c1. The van der Waals surface area contributed by atoms with Gasteiger partial charge in [0.1, 0.15) is 11.9 Å². The third-order valence-electron chi connectivity index (χ3n) is 4.53. The van der Waals surface area contributed by atoms with Gasteiger partial charge in [-0.25, -0.2) is 14.1 Å². The predicted molar refractivity (Wildman–Crippen MR) is 82.0 cm³/mol. The Balaban J connectivity index is 1.74. The Labute approximate surface area is 134 Å². The summed E-state index contributed by atoms with van der Waals surface area (Å²) in [6.45, 7) is 1.59. The molecule has 0 radical (unpaired) electrons. The molecule has 0 spiro atoms. The van der Waals surface area contributed by atoms with Crippen LogP contribution < -0.4 is 0 Å². The molecule has 1 saturated heterocycles. The van der Waals surface area contributed by atoms with Gasteiger partial charge in [-0.05, 0) is 31.0 Å². The van der Waals surface area contributed by atoms with Crippen molar-refractivity contribution in [3.8, 4) is 5.69 Å². The van der Waals surface area contributed by atoms with Crippen molar-refractivity contribution in [3.05, 3.63) is 41.7 Å². The van der Waals surface area contributed by atoms with E-state index in [1.165, 1.54) is 25.0 Å². The van der Waals surface area contributed by atoms with Gasteiger partial charge in [0.05, 0.1) is 25.5 Å². The van der Waals surface area contributed by atoms with Crippen LogP contribution in [0, 0.1) is 5.82 Å². The number of ether oxygens (including phenoxy) is 2. The van der Waals surface area contributed by atoms with Crippen molar-refractivity contribution in [2.75, 3.05) is 19.8 Å². The summed E-state index contributed by atoms with van der Waals surface area (Å²) in [5.41, 5.74) is 0.672. The lowest BCUT2D eigenvalue weighted by Gasteiger charge is -2.22. The lowest BCUT2D eigenvalue weighted by Crippen LogP contribution is -2.24. The Morgan fingerprint density at radius 2 is 2.04 bits per heavy atom. The number of rotatable bonds is 3. The molecule has 2 aromatic rings. The second-order valence-corrected chi connectivity index (χ2v) is 6.14. The summed E-state index contributed by atoms with van der Waals surface area (Å²) in [4.78, 5) is 4.75. The molecule has 0 unspecified atom stereocenters. The highest BCUT2D eigenvalue weighted by Crippen LogP contribution is 2.34. The molecule has 4 rings (SSSR count). The van der Waals surface area contributed by atoms with Crippen LogP contribution in [0.3, 0.4) is 0 Å². The van der Waals surface area contributed by atoms with Crippen molar-refractivity contribution in [1.82, 2.24) is 14.8 Å². The molecule has 122 valence electrons. The van der Waals surface area contributed by atoms with Gasteiger partial charge >= 0.3 is 0 Å². The summed E-state index contributed by atoms with van der Waals surface area (Å²) in [6.07, 6.45) is 4.42. The first-order valence-electron chi connectivity index (χ1n) is 8.23. The molecule has 1 aliphatic heterocycles. The van der Waals surface area contributed by atoms with E-state index in [0.29, 0.717) is 37.3 Å². The normalized spacial score (nSPS) is 22.6. The summed E-state index contributed by atoms with van der Waals surface area (Å²) < 4.78 is 26.6. The van der Waals surface area contributed by atoms with E-state index in [0.717, 1.165) is 18.7 Å². The highest BCUT2D eigenvalue weighted by Gasteiger charge is 2.28. The summed E-state index contributed by atoms with van der Waals surface area (Å²) in [5, 5.41) is 4.68. The molecular weight excluding hydrogens is 297 g/mol. The van der Waals surface area contributed by atoms with Gasteiger partial charge in [0.15, 0.2) is 11.6 Å². The van der Waals surface area contributed by atoms with Crippen LogP contribution >= 0.6 is 0 Å². The number of nitrogens with zero attached hydrogens (tertiary/aromatic N) is 3. The van der Waals surface area contributed by atoms with E-state index in [-0.39, 0.29) is 11.9 Å². The van der Waals surface area contributed by atoms with Crippen molar-refractivity contribution >= 4 is 0 Å². The van der Waals surface area contributed by atoms with E-state index in [4.69, 9.17) is 14.5 Å². The molecule has 0 N–H and O–H groups in total. The van der Waals surface area contributed by atoms with E-state index in [2.05, 4.69) is 5.10 Å². The van der Waals surface area contributed by atoms with Gasteiger partial charge in [-0.15, -0.1) is 0 Å². The molecular formula is C17H20FN3O2. The fraction of sp³-hybridized carbons (Fsp3) is 0.529. The molecule has 5 nitrogen and oxygen atoms in total. The second-order valence-electron chi connectivity index (χ2n) is 6.14. The first-order chi connectivity index (χ1) is 11.3. The van der Waals surface area contributed by atoms with E-state index in [1.54, 1.807) is 10.7 Å². The minimum atomic E-state index is -0.285. The maximum atomic E-state index is 13.6. The summed E-state index contributed by atoms with van der Waals surface area (Å²) in [6, 6.07) is 6.42. The highest BCUT2D eigenvalue weighted by molar-refractivity contribution is 5.32. The molecule has 0 bridgehead atoms. The van der Waals surface area contributed by atoms with E-state index in [9.17, 15) is 4.39 Å². The van der Waals surface area contributed by atoms with Crippen LogP contribution in [0.5, 0.6) is 0 Å². The Morgan fingerprint density at radius 3 is 2.78 bits per heavy atom. The van der Waals surface area contributed by atoms with Crippen LogP contribution in [0.2, 0.25) is 0 Å². The van der Waals surface area contributed by atoms with Gasteiger partial charge in [0.25, 0.3) is 0 Å². The Kier molecular flexibility index (Phi) is 4.10. The minimum absolute atomic E-state index is 0.255.